The Morgan fingerprint density at radius 2 is 2.29 bits per heavy atom. The normalized spacial score (nSPS) is 22.4. The largest absolute Gasteiger partial charge is 0.378 e. The van der Waals surface area contributed by atoms with E-state index < -0.39 is 0 Å². The molecular formula is C15H23NO. The van der Waals surface area contributed by atoms with Crippen molar-refractivity contribution in [1.29, 1.82) is 0 Å². The van der Waals surface area contributed by atoms with Crippen molar-refractivity contribution in [1.82, 2.24) is 0 Å². The highest BCUT2D eigenvalue weighted by Crippen LogP contribution is 2.18. The molecule has 1 aromatic carbocycles. The van der Waals surface area contributed by atoms with E-state index in [2.05, 4.69) is 31.2 Å². The van der Waals surface area contributed by atoms with E-state index in [1.54, 1.807) is 0 Å². The van der Waals surface area contributed by atoms with Crippen LogP contribution in [0, 0.1) is 6.92 Å². The molecule has 2 rings (SSSR count). The summed E-state index contributed by atoms with van der Waals surface area (Å²) in [5, 5.41) is 0. The zero-order chi connectivity index (χ0) is 12.1. The van der Waals surface area contributed by atoms with Gasteiger partial charge in [-0.25, -0.2) is 0 Å². The van der Waals surface area contributed by atoms with Crippen LogP contribution in [0.15, 0.2) is 24.3 Å². The Hall–Kier alpha value is -0.860. The first-order chi connectivity index (χ1) is 8.24. The first-order valence-corrected chi connectivity index (χ1v) is 6.67. The van der Waals surface area contributed by atoms with Crippen LogP contribution < -0.4 is 5.73 Å². The summed E-state index contributed by atoms with van der Waals surface area (Å²) in [5.74, 6) is 0. The minimum absolute atomic E-state index is 0.222. The maximum atomic E-state index is 6.21. The van der Waals surface area contributed by atoms with Gasteiger partial charge in [-0.3, -0.25) is 0 Å². The van der Waals surface area contributed by atoms with Crippen LogP contribution in [0.3, 0.4) is 0 Å². The summed E-state index contributed by atoms with van der Waals surface area (Å²) in [7, 11) is 0. The zero-order valence-electron chi connectivity index (χ0n) is 10.7. The number of hydrogen-bond acceptors (Lipinski definition) is 2. The monoisotopic (exact) mass is 233 g/mol. The van der Waals surface area contributed by atoms with Crippen LogP contribution >= 0.6 is 0 Å². The van der Waals surface area contributed by atoms with Crippen molar-refractivity contribution < 1.29 is 4.74 Å². The minimum Gasteiger partial charge on any atom is -0.378 e. The van der Waals surface area contributed by atoms with Crippen LogP contribution in [0.2, 0.25) is 0 Å². The van der Waals surface area contributed by atoms with Gasteiger partial charge in [-0.2, -0.15) is 0 Å². The van der Waals surface area contributed by atoms with Gasteiger partial charge in [0.25, 0.3) is 0 Å². The number of nitrogens with two attached hydrogens (primary N) is 1. The molecule has 0 spiro atoms. The molecule has 0 saturated carbocycles. The van der Waals surface area contributed by atoms with Crippen molar-refractivity contribution in [2.45, 2.75) is 51.2 Å². The molecule has 0 bridgehead atoms. The van der Waals surface area contributed by atoms with Crippen LogP contribution in [0.25, 0.3) is 0 Å². The Labute approximate surface area is 104 Å². The van der Waals surface area contributed by atoms with E-state index >= 15 is 0 Å². The molecule has 2 N–H and O–H groups in total. The summed E-state index contributed by atoms with van der Waals surface area (Å²) in [6.07, 6.45) is 6.03. The maximum Gasteiger partial charge on any atom is 0.0590 e. The van der Waals surface area contributed by atoms with Gasteiger partial charge in [0, 0.05) is 12.6 Å². The summed E-state index contributed by atoms with van der Waals surface area (Å²) < 4.78 is 5.73. The molecule has 2 unspecified atom stereocenters. The molecule has 1 saturated heterocycles. The predicted molar refractivity (Wildman–Crippen MR) is 71.1 cm³/mol. The van der Waals surface area contributed by atoms with E-state index in [-0.39, 0.29) is 6.04 Å². The van der Waals surface area contributed by atoms with Crippen molar-refractivity contribution in [3.63, 3.8) is 0 Å². The number of rotatable bonds is 4. The van der Waals surface area contributed by atoms with E-state index in [0.717, 1.165) is 19.4 Å². The molecule has 2 atom stereocenters. The molecule has 1 aromatic rings. The fraction of sp³-hybridized carbons (Fsp3) is 0.600. The molecule has 1 aliphatic rings. The first kappa shape index (κ1) is 12.6. The summed E-state index contributed by atoms with van der Waals surface area (Å²) in [6, 6.07) is 8.84. The van der Waals surface area contributed by atoms with Crippen LogP contribution in [0.1, 0.15) is 36.8 Å². The molecular weight excluding hydrogens is 210 g/mol. The molecule has 94 valence electrons. The molecule has 0 aromatic heterocycles. The second-order valence-corrected chi connectivity index (χ2v) is 5.18. The van der Waals surface area contributed by atoms with Crippen molar-refractivity contribution in [2.75, 3.05) is 6.61 Å². The van der Waals surface area contributed by atoms with E-state index in [9.17, 15) is 0 Å². The summed E-state index contributed by atoms with van der Waals surface area (Å²) in [6.45, 7) is 3.04. The van der Waals surface area contributed by atoms with Crippen LogP contribution in [0.5, 0.6) is 0 Å². The third-order valence-corrected chi connectivity index (χ3v) is 3.42. The van der Waals surface area contributed by atoms with Crippen molar-refractivity contribution >= 4 is 0 Å². The van der Waals surface area contributed by atoms with Gasteiger partial charge in [0.2, 0.25) is 0 Å². The quantitative estimate of drug-likeness (QED) is 0.868. The highest BCUT2D eigenvalue weighted by atomic mass is 16.5. The number of aryl methyl sites for hydroxylation is 1. The van der Waals surface area contributed by atoms with Crippen molar-refractivity contribution in [3.8, 4) is 0 Å². The van der Waals surface area contributed by atoms with Gasteiger partial charge in [0.05, 0.1) is 6.10 Å². The Morgan fingerprint density at radius 3 is 3.00 bits per heavy atom. The molecule has 0 aliphatic carbocycles. The molecule has 0 radical (unpaired) electrons. The minimum atomic E-state index is 0.222. The molecule has 0 amide bonds. The van der Waals surface area contributed by atoms with Gasteiger partial charge in [-0.1, -0.05) is 29.8 Å². The second-order valence-electron chi connectivity index (χ2n) is 5.18. The van der Waals surface area contributed by atoms with Gasteiger partial charge < -0.3 is 10.5 Å². The Morgan fingerprint density at radius 1 is 1.41 bits per heavy atom. The third-order valence-electron chi connectivity index (χ3n) is 3.42. The first-order valence-electron chi connectivity index (χ1n) is 6.67. The Kier molecular flexibility index (Phi) is 4.57. The van der Waals surface area contributed by atoms with E-state index in [0.29, 0.717) is 6.10 Å². The number of benzene rings is 1. The highest BCUT2D eigenvalue weighted by Gasteiger charge is 2.17. The van der Waals surface area contributed by atoms with Gasteiger partial charge >= 0.3 is 0 Å². The number of hydrogen-bond donors (Lipinski definition) is 1. The smallest absolute Gasteiger partial charge is 0.0590 e. The maximum absolute atomic E-state index is 6.21. The topological polar surface area (TPSA) is 35.2 Å². The number of ether oxygens (including phenoxy) is 1. The lowest BCUT2D eigenvalue weighted by molar-refractivity contribution is 0.00747. The fourth-order valence-corrected chi connectivity index (χ4v) is 2.56. The van der Waals surface area contributed by atoms with Crippen LogP contribution in [0.4, 0.5) is 0 Å². The Balaban J connectivity index is 1.82. The van der Waals surface area contributed by atoms with E-state index in [1.165, 1.54) is 30.4 Å². The highest BCUT2D eigenvalue weighted by molar-refractivity contribution is 5.22. The lowest BCUT2D eigenvalue weighted by Gasteiger charge is -2.25. The van der Waals surface area contributed by atoms with Gasteiger partial charge in [-0.15, -0.1) is 0 Å². The van der Waals surface area contributed by atoms with Crippen molar-refractivity contribution in [2.24, 2.45) is 5.73 Å². The van der Waals surface area contributed by atoms with Gasteiger partial charge in [0.1, 0.15) is 0 Å². The second kappa shape index (κ2) is 6.18. The standard InChI is InChI=1S/C15H23NO/c1-12-5-4-6-13(9-12)10-14(16)11-15-7-2-3-8-17-15/h4-6,9,14-15H,2-3,7-8,10-11,16H2,1H3. The molecule has 2 heteroatoms. The van der Waals surface area contributed by atoms with Gasteiger partial charge in [0.15, 0.2) is 0 Å². The summed E-state index contributed by atoms with van der Waals surface area (Å²) in [5.41, 5.74) is 8.86. The predicted octanol–water partition coefficient (Wildman–Crippen LogP) is 2.82. The van der Waals surface area contributed by atoms with Gasteiger partial charge in [-0.05, 0) is 44.6 Å². The Bertz CT molecular complexity index is 345. The molecule has 1 heterocycles. The van der Waals surface area contributed by atoms with E-state index in [4.69, 9.17) is 10.5 Å². The molecule has 17 heavy (non-hydrogen) atoms. The molecule has 1 aliphatic heterocycles. The fourth-order valence-electron chi connectivity index (χ4n) is 2.56. The zero-order valence-corrected chi connectivity index (χ0v) is 10.7. The van der Waals surface area contributed by atoms with Crippen LogP contribution in [-0.2, 0) is 11.2 Å². The van der Waals surface area contributed by atoms with E-state index in [1.807, 2.05) is 0 Å². The molecule has 2 nitrogen and oxygen atoms in total. The SMILES string of the molecule is Cc1cccc(CC(N)CC2CCCCO2)c1. The summed E-state index contributed by atoms with van der Waals surface area (Å²) >= 11 is 0. The lowest BCUT2D eigenvalue weighted by Crippen LogP contribution is -2.31. The molecule has 1 fully saturated rings. The lowest BCUT2D eigenvalue weighted by atomic mass is 9.97. The van der Waals surface area contributed by atoms with Crippen molar-refractivity contribution in [3.05, 3.63) is 35.4 Å². The average molecular weight is 233 g/mol. The van der Waals surface area contributed by atoms with Crippen LogP contribution in [-0.4, -0.2) is 18.8 Å². The average Bonchev–Trinajstić information content (AvgIpc) is 2.30. The summed E-state index contributed by atoms with van der Waals surface area (Å²) in [4.78, 5) is 0. The third kappa shape index (κ3) is 4.14.